The van der Waals surface area contributed by atoms with Crippen LogP contribution in [-0.4, -0.2) is 41.5 Å². The molecule has 2 unspecified atom stereocenters. The first-order chi connectivity index (χ1) is 13.0. The number of carbonyl (C=O) groups is 2. The molecular formula is C20H21NO6. The molecule has 2 aromatic rings. The number of rotatable bonds is 4. The van der Waals surface area contributed by atoms with Gasteiger partial charge in [0, 0.05) is 0 Å². The van der Waals surface area contributed by atoms with E-state index in [2.05, 4.69) is 5.32 Å². The maximum Gasteiger partial charge on any atom is 0.323 e. The third-order valence-corrected chi connectivity index (χ3v) is 4.38. The third kappa shape index (κ3) is 5.21. The predicted octanol–water partition coefficient (Wildman–Crippen LogP) is 1.51. The number of esters is 2. The van der Waals surface area contributed by atoms with E-state index in [9.17, 15) is 19.8 Å². The van der Waals surface area contributed by atoms with Crippen molar-refractivity contribution in [2.75, 3.05) is 13.3 Å². The average molecular weight is 371 g/mol. The molecule has 1 fully saturated rings. The molecule has 1 saturated heterocycles. The molecule has 7 heteroatoms. The maximum absolute atomic E-state index is 12.4. The average Bonchev–Trinajstić information content (AvgIpc) is 2.72. The van der Waals surface area contributed by atoms with Gasteiger partial charge in [0.2, 0.25) is 0 Å². The Kier molecular flexibility index (Phi) is 5.93. The van der Waals surface area contributed by atoms with Gasteiger partial charge in [-0.3, -0.25) is 14.9 Å². The first-order valence-electron chi connectivity index (χ1n) is 8.64. The van der Waals surface area contributed by atoms with Gasteiger partial charge in [0.15, 0.2) is 0 Å². The molecule has 3 N–H and O–H groups in total. The van der Waals surface area contributed by atoms with Crippen molar-refractivity contribution in [3.05, 3.63) is 59.7 Å². The normalized spacial score (nSPS) is 20.7. The molecule has 0 bridgehead atoms. The summed E-state index contributed by atoms with van der Waals surface area (Å²) in [5, 5.41) is 21.6. The Morgan fingerprint density at radius 1 is 0.815 bits per heavy atom. The van der Waals surface area contributed by atoms with Crippen LogP contribution in [0.4, 0.5) is 0 Å². The molecular weight excluding hydrogens is 350 g/mol. The molecule has 0 saturated carbocycles. The number of aromatic hydroxyl groups is 2. The summed E-state index contributed by atoms with van der Waals surface area (Å²) in [7, 11) is 0. The molecule has 142 valence electrons. The molecule has 0 spiro atoms. The summed E-state index contributed by atoms with van der Waals surface area (Å²) in [5.41, 5.74) is 1.67. The zero-order chi connectivity index (χ0) is 19.2. The van der Waals surface area contributed by atoms with Gasteiger partial charge in [-0.15, -0.1) is 0 Å². The van der Waals surface area contributed by atoms with Gasteiger partial charge in [-0.25, -0.2) is 0 Å². The molecule has 1 aliphatic rings. The number of hydrogen-bond acceptors (Lipinski definition) is 7. The summed E-state index contributed by atoms with van der Waals surface area (Å²) in [6.45, 7) is -0.172. The Balaban J connectivity index is 1.64. The van der Waals surface area contributed by atoms with E-state index >= 15 is 0 Å². The summed E-state index contributed by atoms with van der Waals surface area (Å²) in [5.74, 6) is -1.24. The van der Waals surface area contributed by atoms with Crippen molar-refractivity contribution in [3.63, 3.8) is 0 Å². The number of hydrogen-bond donors (Lipinski definition) is 3. The molecule has 1 aliphatic heterocycles. The number of ether oxygens (including phenoxy) is 2. The molecule has 0 amide bonds. The fourth-order valence-corrected chi connectivity index (χ4v) is 2.85. The van der Waals surface area contributed by atoms with Crippen LogP contribution < -0.4 is 5.32 Å². The van der Waals surface area contributed by atoms with Crippen LogP contribution in [0.3, 0.4) is 0 Å². The summed E-state index contributed by atoms with van der Waals surface area (Å²) >= 11 is 0. The van der Waals surface area contributed by atoms with Crippen LogP contribution >= 0.6 is 0 Å². The van der Waals surface area contributed by atoms with Crippen LogP contribution in [-0.2, 0) is 31.9 Å². The van der Waals surface area contributed by atoms with Crippen molar-refractivity contribution in [1.82, 2.24) is 5.32 Å². The van der Waals surface area contributed by atoms with Crippen LogP contribution in [0.5, 0.6) is 11.5 Å². The van der Waals surface area contributed by atoms with Gasteiger partial charge >= 0.3 is 11.9 Å². The van der Waals surface area contributed by atoms with Crippen LogP contribution in [0.25, 0.3) is 0 Å². The zero-order valence-electron chi connectivity index (χ0n) is 14.6. The summed E-state index contributed by atoms with van der Waals surface area (Å²) < 4.78 is 10.6. The predicted molar refractivity (Wildman–Crippen MR) is 96.0 cm³/mol. The summed E-state index contributed by atoms with van der Waals surface area (Å²) in [4.78, 5) is 24.7. The fraction of sp³-hybridized carbons (Fsp3) is 0.300. The van der Waals surface area contributed by atoms with Crippen molar-refractivity contribution in [2.24, 2.45) is 5.92 Å². The Labute approximate surface area is 156 Å². The highest BCUT2D eigenvalue weighted by molar-refractivity contribution is 5.78. The number of phenolic OH excluding ortho intramolecular Hbond substituents is 2. The molecule has 2 aromatic carbocycles. The lowest BCUT2D eigenvalue weighted by Crippen LogP contribution is -2.40. The van der Waals surface area contributed by atoms with Crippen molar-refractivity contribution in [2.45, 2.75) is 18.9 Å². The standard InChI is InChI=1S/C20H21NO6/c22-16-5-1-13(2-6-16)9-15-11-26-20(25)18(21-12-27-19(15)24)10-14-3-7-17(23)8-4-14/h1-8,15,18,21-23H,9-12H2. The van der Waals surface area contributed by atoms with Gasteiger partial charge in [0.25, 0.3) is 0 Å². The van der Waals surface area contributed by atoms with E-state index in [1.165, 1.54) is 12.1 Å². The number of cyclic esters (lactones) is 2. The molecule has 7 nitrogen and oxygen atoms in total. The Bertz CT molecular complexity index is 787. The minimum absolute atomic E-state index is 0.0771. The first-order valence-corrected chi connectivity index (χ1v) is 8.64. The maximum atomic E-state index is 12.4. The van der Waals surface area contributed by atoms with Gasteiger partial charge in [-0.05, 0) is 48.2 Å². The molecule has 2 atom stereocenters. The number of phenols is 2. The second kappa shape index (κ2) is 8.55. The Hall–Kier alpha value is -3.06. The van der Waals surface area contributed by atoms with Gasteiger partial charge in [-0.2, -0.15) is 0 Å². The number of benzene rings is 2. The zero-order valence-corrected chi connectivity index (χ0v) is 14.6. The van der Waals surface area contributed by atoms with E-state index < -0.39 is 23.9 Å². The minimum atomic E-state index is -0.658. The van der Waals surface area contributed by atoms with Crippen LogP contribution in [0, 0.1) is 5.92 Å². The van der Waals surface area contributed by atoms with Crippen LogP contribution in [0.2, 0.25) is 0 Å². The quantitative estimate of drug-likeness (QED) is 0.700. The minimum Gasteiger partial charge on any atom is -0.508 e. The van der Waals surface area contributed by atoms with E-state index in [-0.39, 0.29) is 24.8 Å². The second-order valence-corrected chi connectivity index (χ2v) is 6.43. The highest BCUT2D eigenvalue weighted by Gasteiger charge is 2.28. The number of carbonyl (C=O) groups excluding carboxylic acids is 2. The van der Waals surface area contributed by atoms with Crippen molar-refractivity contribution in [3.8, 4) is 11.5 Å². The molecule has 1 heterocycles. The van der Waals surface area contributed by atoms with Gasteiger partial charge in [-0.1, -0.05) is 24.3 Å². The molecule has 0 aliphatic carbocycles. The molecule has 0 radical (unpaired) electrons. The van der Waals surface area contributed by atoms with Crippen molar-refractivity contribution in [1.29, 1.82) is 0 Å². The van der Waals surface area contributed by atoms with E-state index in [0.29, 0.717) is 12.8 Å². The second-order valence-electron chi connectivity index (χ2n) is 6.43. The summed E-state index contributed by atoms with van der Waals surface area (Å²) in [6.07, 6.45) is 0.689. The van der Waals surface area contributed by atoms with Crippen molar-refractivity contribution < 1.29 is 29.3 Å². The lowest BCUT2D eigenvalue weighted by atomic mass is 10.00. The number of nitrogens with one attached hydrogen (secondary N) is 1. The van der Waals surface area contributed by atoms with E-state index in [1.54, 1.807) is 36.4 Å². The van der Waals surface area contributed by atoms with Gasteiger partial charge < -0.3 is 19.7 Å². The lowest BCUT2D eigenvalue weighted by molar-refractivity contribution is -0.152. The summed E-state index contributed by atoms with van der Waals surface area (Å²) in [6, 6.07) is 12.4. The van der Waals surface area contributed by atoms with Crippen LogP contribution in [0.1, 0.15) is 11.1 Å². The fourth-order valence-electron chi connectivity index (χ4n) is 2.85. The Morgan fingerprint density at radius 2 is 1.37 bits per heavy atom. The highest BCUT2D eigenvalue weighted by Crippen LogP contribution is 2.17. The van der Waals surface area contributed by atoms with Crippen molar-refractivity contribution >= 4 is 11.9 Å². The first kappa shape index (κ1) is 18.7. The Morgan fingerprint density at radius 3 is 1.96 bits per heavy atom. The monoisotopic (exact) mass is 371 g/mol. The molecule has 3 rings (SSSR count). The SMILES string of the molecule is O=C1OCNC(Cc2ccc(O)cc2)C(=O)OCC1Cc1ccc(O)cc1. The molecule has 0 aromatic heterocycles. The largest absolute Gasteiger partial charge is 0.508 e. The van der Waals surface area contributed by atoms with E-state index in [1.807, 2.05) is 0 Å². The lowest BCUT2D eigenvalue weighted by Gasteiger charge is -2.16. The smallest absolute Gasteiger partial charge is 0.323 e. The van der Waals surface area contributed by atoms with Gasteiger partial charge in [0.1, 0.15) is 30.9 Å². The molecule has 27 heavy (non-hydrogen) atoms. The van der Waals surface area contributed by atoms with Gasteiger partial charge in [0.05, 0.1) is 5.92 Å². The van der Waals surface area contributed by atoms with E-state index in [4.69, 9.17) is 9.47 Å². The topological polar surface area (TPSA) is 105 Å². The highest BCUT2D eigenvalue weighted by atomic mass is 16.6. The third-order valence-electron chi connectivity index (χ3n) is 4.38. The van der Waals surface area contributed by atoms with Crippen LogP contribution in [0.15, 0.2) is 48.5 Å². The van der Waals surface area contributed by atoms with E-state index in [0.717, 1.165) is 11.1 Å².